The fraction of sp³-hybridized carbons (Fsp3) is 0.333. The van der Waals surface area contributed by atoms with E-state index in [1.807, 2.05) is 43.3 Å². The van der Waals surface area contributed by atoms with Crippen molar-refractivity contribution < 1.29 is 14.3 Å². The van der Waals surface area contributed by atoms with Crippen molar-refractivity contribution in [1.29, 1.82) is 0 Å². The van der Waals surface area contributed by atoms with Crippen LogP contribution in [0.2, 0.25) is 0 Å². The second kappa shape index (κ2) is 10.6. The van der Waals surface area contributed by atoms with Gasteiger partial charge in [-0.05, 0) is 61.7 Å². The minimum atomic E-state index is -0.00336. The van der Waals surface area contributed by atoms with E-state index in [2.05, 4.69) is 25.2 Å². The zero-order chi connectivity index (χ0) is 22.2. The molecule has 1 saturated heterocycles. The molecule has 1 aliphatic heterocycles. The van der Waals surface area contributed by atoms with Crippen LogP contribution in [0.3, 0.4) is 0 Å². The number of nitrogens with one attached hydrogen (secondary N) is 1. The molecule has 8 nitrogen and oxygen atoms in total. The Morgan fingerprint density at radius 3 is 2.47 bits per heavy atom. The van der Waals surface area contributed by atoms with Gasteiger partial charge in [-0.1, -0.05) is 0 Å². The van der Waals surface area contributed by atoms with Crippen molar-refractivity contribution in [3.63, 3.8) is 0 Å². The average molecular weight is 434 g/mol. The quantitative estimate of drug-likeness (QED) is 0.581. The summed E-state index contributed by atoms with van der Waals surface area (Å²) in [6.07, 6.45) is 6.73. The van der Waals surface area contributed by atoms with Crippen molar-refractivity contribution >= 4 is 11.9 Å². The molecule has 32 heavy (non-hydrogen) atoms. The van der Waals surface area contributed by atoms with E-state index in [9.17, 15) is 4.79 Å². The molecule has 1 N–H and O–H groups in total. The molecule has 0 spiro atoms. The molecule has 1 aromatic carbocycles. The molecule has 0 bridgehead atoms. The largest absolute Gasteiger partial charge is 0.494 e. The third-order valence-corrected chi connectivity index (χ3v) is 5.32. The van der Waals surface area contributed by atoms with Gasteiger partial charge in [0, 0.05) is 50.2 Å². The second-order valence-electron chi connectivity index (χ2n) is 7.54. The number of ether oxygens (including phenoxy) is 2. The molecule has 3 aromatic rings. The van der Waals surface area contributed by atoms with E-state index < -0.39 is 0 Å². The zero-order valence-electron chi connectivity index (χ0n) is 18.1. The molecule has 0 saturated carbocycles. The minimum absolute atomic E-state index is 0.00336. The number of amides is 1. The predicted octanol–water partition coefficient (Wildman–Crippen LogP) is 3.60. The van der Waals surface area contributed by atoms with Gasteiger partial charge in [-0.2, -0.15) is 0 Å². The van der Waals surface area contributed by atoms with Gasteiger partial charge in [-0.25, -0.2) is 15.0 Å². The van der Waals surface area contributed by atoms with Crippen molar-refractivity contribution in [2.75, 3.05) is 24.6 Å². The van der Waals surface area contributed by atoms with E-state index >= 15 is 0 Å². The number of carbonyl (C=O) groups excluding carboxylic acids is 1. The van der Waals surface area contributed by atoms with Gasteiger partial charge in [0.15, 0.2) is 0 Å². The summed E-state index contributed by atoms with van der Waals surface area (Å²) in [6.45, 7) is 4.55. The smallest absolute Gasteiger partial charge is 0.225 e. The fourth-order valence-corrected chi connectivity index (χ4v) is 3.64. The van der Waals surface area contributed by atoms with Crippen molar-refractivity contribution in [1.82, 2.24) is 20.3 Å². The Morgan fingerprint density at radius 2 is 1.75 bits per heavy atom. The summed E-state index contributed by atoms with van der Waals surface area (Å²) in [5.41, 5.74) is 0.935. The summed E-state index contributed by atoms with van der Waals surface area (Å²) in [7, 11) is 0. The Hall–Kier alpha value is -3.68. The minimum Gasteiger partial charge on any atom is -0.494 e. The number of aromatic nitrogens is 3. The van der Waals surface area contributed by atoms with Gasteiger partial charge < -0.3 is 19.7 Å². The SMILES string of the molecule is CCOc1ccc(Oc2cc(CNC(=O)C3CCN(c4ncccn4)CC3)ccn2)cc1. The lowest BCUT2D eigenvalue weighted by atomic mass is 9.96. The van der Waals surface area contributed by atoms with Crippen molar-refractivity contribution in [3.8, 4) is 17.4 Å². The second-order valence-corrected chi connectivity index (χ2v) is 7.54. The van der Waals surface area contributed by atoms with Crippen LogP contribution in [0.1, 0.15) is 25.3 Å². The number of benzene rings is 1. The number of hydrogen-bond acceptors (Lipinski definition) is 7. The number of nitrogens with zero attached hydrogens (tertiary/aromatic N) is 4. The van der Waals surface area contributed by atoms with Gasteiger partial charge in [-0.15, -0.1) is 0 Å². The lowest BCUT2D eigenvalue weighted by Crippen LogP contribution is -2.41. The molecule has 1 amide bonds. The van der Waals surface area contributed by atoms with Gasteiger partial charge in [0.05, 0.1) is 6.61 Å². The van der Waals surface area contributed by atoms with Gasteiger partial charge >= 0.3 is 0 Å². The lowest BCUT2D eigenvalue weighted by Gasteiger charge is -2.31. The predicted molar refractivity (Wildman–Crippen MR) is 121 cm³/mol. The van der Waals surface area contributed by atoms with E-state index in [4.69, 9.17) is 9.47 Å². The first-order chi connectivity index (χ1) is 15.7. The third-order valence-electron chi connectivity index (χ3n) is 5.32. The number of pyridine rings is 1. The van der Waals surface area contributed by atoms with Crippen LogP contribution in [0.25, 0.3) is 0 Å². The van der Waals surface area contributed by atoms with E-state index in [0.717, 1.165) is 43.2 Å². The molecular weight excluding hydrogens is 406 g/mol. The van der Waals surface area contributed by atoms with Crippen LogP contribution in [-0.2, 0) is 11.3 Å². The van der Waals surface area contributed by atoms with Crippen LogP contribution in [0.4, 0.5) is 5.95 Å². The van der Waals surface area contributed by atoms with Crippen LogP contribution >= 0.6 is 0 Å². The Kier molecular flexibility index (Phi) is 7.12. The summed E-state index contributed by atoms with van der Waals surface area (Å²) in [5, 5.41) is 3.05. The average Bonchev–Trinajstić information content (AvgIpc) is 2.85. The summed E-state index contributed by atoms with van der Waals surface area (Å²) in [6, 6.07) is 12.9. The molecule has 2 aromatic heterocycles. The molecule has 8 heteroatoms. The molecule has 0 atom stereocenters. The maximum atomic E-state index is 12.7. The molecule has 4 rings (SSSR count). The topological polar surface area (TPSA) is 89.5 Å². The first-order valence-corrected chi connectivity index (χ1v) is 10.9. The number of hydrogen-bond donors (Lipinski definition) is 1. The lowest BCUT2D eigenvalue weighted by molar-refractivity contribution is -0.125. The van der Waals surface area contributed by atoms with Crippen LogP contribution < -0.4 is 19.7 Å². The van der Waals surface area contributed by atoms with Gasteiger partial charge in [0.2, 0.25) is 17.7 Å². The summed E-state index contributed by atoms with van der Waals surface area (Å²) < 4.78 is 11.3. The first-order valence-electron chi connectivity index (χ1n) is 10.9. The fourth-order valence-electron chi connectivity index (χ4n) is 3.64. The summed E-state index contributed by atoms with van der Waals surface area (Å²) in [5.74, 6) is 2.75. The Morgan fingerprint density at radius 1 is 1.03 bits per heavy atom. The highest BCUT2D eigenvalue weighted by Crippen LogP contribution is 2.24. The number of carbonyl (C=O) groups is 1. The van der Waals surface area contributed by atoms with Crippen molar-refractivity contribution in [2.24, 2.45) is 5.92 Å². The van der Waals surface area contributed by atoms with Crippen LogP contribution in [0.15, 0.2) is 61.1 Å². The highest BCUT2D eigenvalue weighted by molar-refractivity contribution is 5.78. The van der Waals surface area contributed by atoms with Gasteiger partial charge in [0.1, 0.15) is 11.5 Å². The van der Waals surface area contributed by atoms with E-state index in [0.29, 0.717) is 24.8 Å². The monoisotopic (exact) mass is 433 g/mol. The molecule has 3 heterocycles. The third kappa shape index (κ3) is 5.72. The Labute approximate surface area is 187 Å². The van der Waals surface area contributed by atoms with E-state index in [-0.39, 0.29) is 11.8 Å². The molecule has 0 aliphatic carbocycles. The Bertz CT molecular complexity index is 1010. The molecule has 0 unspecified atom stereocenters. The van der Waals surface area contributed by atoms with Crippen LogP contribution in [0, 0.1) is 5.92 Å². The summed E-state index contributed by atoms with van der Waals surface area (Å²) in [4.78, 5) is 27.6. The Balaban J connectivity index is 1.26. The maximum absolute atomic E-state index is 12.7. The number of anilines is 1. The van der Waals surface area contributed by atoms with Crippen LogP contribution in [-0.4, -0.2) is 40.6 Å². The highest BCUT2D eigenvalue weighted by atomic mass is 16.5. The maximum Gasteiger partial charge on any atom is 0.225 e. The molecule has 1 aliphatic rings. The first kappa shape index (κ1) is 21.5. The zero-order valence-corrected chi connectivity index (χ0v) is 18.1. The van der Waals surface area contributed by atoms with E-state index in [1.165, 1.54) is 0 Å². The van der Waals surface area contributed by atoms with Gasteiger partial charge in [-0.3, -0.25) is 4.79 Å². The number of rotatable bonds is 8. The van der Waals surface area contributed by atoms with Gasteiger partial charge in [0.25, 0.3) is 0 Å². The molecular formula is C24H27N5O3. The van der Waals surface area contributed by atoms with Crippen LogP contribution in [0.5, 0.6) is 17.4 Å². The number of piperidine rings is 1. The van der Waals surface area contributed by atoms with E-state index in [1.54, 1.807) is 24.7 Å². The molecule has 0 radical (unpaired) electrons. The normalized spacial score (nSPS) is 14.1. The van der Waals surface area contributed by atoms with Crippen molar-refractivity contribution in [3.05, 3.63) is 66.6 Å². The molecule has 166 valence electrons. The standard InChI is InChI=1S/C24H27N5O3/c1-2-31-20-4-6-21(7-5-20)32-22-16-18(8-13-25-22)17-28-23(30)19-9-14-29(15-10-19)24-26-11-3-12-27-24/h3-8,11-13,16,19H,2,9-10,14-15,17H2,1H3,(H,28,30). The molecule has 1 fully saturated rings. The highest BCUT2D eigenvalue weighted by Gasteiger charge is 2.25. The summed E-state index contributed by atoms with van der Waals surface area (Å²) >= 11 is 0. The van der Waals surface area contributed by atoms with Crippen molar-refractivity contribution in [2.45, 2.75) is 26.3 Å².